The van der Waals surface area contributed by atoms with Crippen molar-refractivity contribution in [1.29, 1.82) is 0 Å². The standard InChI is InChI=1S/C14H30N4O2.HI/c1-15-13(16-8-5-9-19-4)17-12-14(18(2)3)6-10-20-11-7-14;/h5-12H2,1-4H3,(H2,15,16,17);1H. The molecule has 1 rings (SSSR count). The molecule has 126 valence electrons. The Balaban J connectivity index is 0.00000400. The van der Waals surface area contributed by atoms with Crippen LogP contribution in [0.5, 0.6) is 0 Å². The predicted octanol–water partition coefficient (Wildman–Crippen LogP) is 0.917. The number of rotatable bonds is 7. The van der Waals surface area contributed by atoms with E-state index in [1.165, 1.54) is 0 Å². The average molecular weight is 414 g/mol. The molecule has 6 nitrogen and oxygen atoms in total. The third-order valence-electron chi connectivity index (χ3n) is 4.00. The van der Waals surface area contributed by atoms with Crippen LogP contribution >= 0.6 is 24.0 Å². The molecule has 0 aromatic carbocycles. The van der Waals surface area contributed by atoms with Gasteiger partial charge in [0.25, 0.3) is 0 Å². The lowest BCUT2D eigenvalue weighted by Crippen LogP contribution is -2.57. The van der Waals surface area contributed by atoms with Gasteiger partial charge in [0.1, 0.15) is 0 Å². The van der Waals surface area contributed by atoms with E-state index in [2.05, 4.69) is 34.6 Å². The Hall–Kier alpha value is -0.120. The fraction of sp³-hybridized carbons (Fsp3) is 0.929. The zero-order valence-electron chi connectivity index (χ0n) is 13.8. The number of aliphatic imine (C=N–C) groups is 1. The molecule has 0 amide bonds. The Morgan fingerprint density at radius 3 is 2.48 bits per heavy atom. The van der Waals surface area contributed by atoms with E-state index in [0.29, 0.717) is 0 Å². The Bertz CT molecular complexity index is 295. The molecule has 0 aromatic rings. The Kier molecular flexibility index (Phi) is 11.4. The second-order valence-electron chi connectivity index (χ2n) is 5.43. The van der Waals surface area contributed by atoms with Crippen LogP contribution in [0.25, 0.3) is 0 Å². The first-order valence-electron chi connectivity index (χ1n) is 7.33. The SMILES string of the molecule is CN=C(NCCCOC)NCC1(N(C)C)CCOCC1.I. The van der Waals surface area contributed by atoms with Gasteiger partial charge in [-0.15, -0.1) is 24.0 Å². The zero-order chi connectivity index (χ0) is 14.8. The summed E-state index contributed by atoms with van der Waals surface area (Å²) in [5.41, 5.74) is 0.155. The van der Waals surface area contributed by atoms with E-state index in [1.807, 2.05) is 0 Å². The number of hydrogen-bond acceptors (Lipinski definition) is 4. The normalized spacial score (nSPS) is 18.2. The van der Waals surface area contributed by atoms with Gasteiger partial charge in [-0.05, 0) is 33.4 Å². The van der Waals surface area contributed by atoms with Gasteiger partial charge in [0.05, 0.1) is 0 Å². The molecule has 7 heteroatoms. The molecule has 0 aromatic heterocycles. The quantitative estimate of drug-likeness (QED) is 0.281. The van der Waals surface area contributed by atoms with Gasteiger partial charge in [-0.2, -0.15) is 0 Å². The number of hydrogen-bond donors (Lipinski definition) is 2. The van der Waals surface area contributed by atoms with Gasteiger partial charge in [-0.25, -0.2) is 0 Å². The minimum atomic E-state index is 0. The van der Waals surface area contributed by atoms with Crippen LogP contribution in [0.4, 0.5) is 0 Å². The Morgan fingerprint density at radius 2 is 1.95 bits per heavy atom. The van der Waals surface area contributed by atoms with E-state index >= 15 is 0 Å². The first-order chi connectivity index (χ1) is 9.64. The second-order valence-corrected chi connectivity index (χ2v) is 5.43. The lowest BCUT2D eigenvalue weighted by molar-refractivity contribution is -0.00501. The third-order valence-corrected chi connectivity index (χ3v) is 4.00. The van der Waals surface area contributed by atoms with E-state index in [0.717, 1.165) is 58.1 Å². The predicted molar refractivity (Wildman–Crippen MR) is 97.7 cm³/mol. The van der Waals surface area contributed by atoms with Crippen molar-refractivity contribution in [3.63, 3.8) is 0 Å². The van der Waals surface area contributed by atoms with E-state index in [-0.39, 0.29) is 29.5 Å². The van der Waals surface area contributed by atoms with Crippen LogP contribution in [0.15, 0.2) is 4.99 Å². The number of likely N-dealkylation sites (N-methyl/N-ethyl adjacent to an activating group) is 1. The molecule has 0 spiro atoms. The van der Waals surface area contributed by atoms with Gasteiger partial charge in [0.2, 0.25) is 0 Å². The number of nitrogens with zero attached hydrogens (tertiary/aromatic N) is 2. The van der Waals surface area contributed by atoms with Crippen molar-refractivity contribution in [3.05, 3.63) is 0 Å². The summed E-state index contributed by atoms with van der Waals surface area (Å²) in [6.07, 6.45) is 3.07. The van der Waals surface area contributed by atoms with Gasteiger partial charge in [0, 0.05) is 52.6 Å². The van der Waals surface area contributed by atoms with Crippen LogP contribution in [0.2, 0.25) is 0 Å². The molecule has 1 aliphatic heterocycles. The van der Waals surface area contributed by atoms with E-state index in [4.69, 9.17) is 9.47 Å². The van der Waals surface area contributed by atoms with Gasteiger partial charge in [0.15, 0.2) is 5.96 Å². The molecular formula is C14H31IN4O2. The minimum absolute atomic E-state index is 0. The van der Waals surface area contributed by atoms with Crippen LogP contribution < -0.4 is 10.6 Å². The van der Waals surface area contributed by atoms with E-state index in [9.17, 15) is 0 Å². The van der Waals surface area contributed by atoms with Gasteiger partial charge >= 0.3 is 0 Å². The van der Waals surface area contributed by atoms with Crippen LogP contribution in [0.3, 0.4) is 0 Å². The summed E-state index contributed by atoms with van der Waals surface area (Å²) in [4.78, 5) is 6.57. The molecule has 21 heavy (non-hydrogen) atoms. The topological polar surface area (TPSA) is 58.1 Å². The number of guanidine groups is 1. The molecule has 0 unspecified atom stereocenters. The molecule has 1 aliphatic rings. The molecule has 0 radical (unpaired) electrons. The second kappa shape index (κ2) is 11.4. The summed E-state index contributed by atoms with van der Waals surface area (Å²) >= 11 is 0. The molecule has 0 bridgehead atoms. The zero-order valence-corrected chi connectivity index (χ0v) is 16.1. The summed E-state index contributed by atoms with van der Waals surface area (Å²) in [7, 11) is 7.81. The summed E-state index contributed by atoms with van der Waals surface area (Å²) in [5.74, 6) is 0.855. The van der Waals surface area contributed by atoms with Crippen molar-refractivity contribution in [2.45, 2.75) is 24.8 Å². The highest BCUT2D eigenvalue weighted by atomic mass is 127. The first kappa shape index (κ1) is 20.9. The van der Waals surface area contributed by atoms with Crippen LogP contribution in [-0.4, -0.2) is 77.6 Å². The van der Waals surface area contributed by atoms with Crippen molar-refractivity contribution in [2.24, 2.45) is 4.99 Å². The number of methoxy groups -OCH3 is 1. The fourth-order valence-electron chi connectivity index (χ4n) is 2.43. The van der Waals surface area contributed by atoms with E-state index in [1.54, 1.807) is 14.2 Å². The maximum Gasteiger partial charge on any atom is 0.191 e. The monoisotopic (exact) mass is 414 g/mol. The number of nitrogens with one attached hydrogen (secondary N) is 2. The molecule has 0 saturated carbocycles. The average Bonchev–Trinajstić information content (AvgIpc) is 2.47. The van der Waals surface area contributed by atoms with Crippen molar-refractivity contribution in [1.82, 2.24) is 15.5 Å². The summed E-state index contributed by atoms with van der Waals surface area (Å²) in [6.45, 7) is 4.18. The van der Waals surface area contributed by atoms with Crippen LogP contribution in [0, 0.1) is 0 Å². The first-order valence-corrected chi connectivity index (χ1v) is 7.33. The third kappa shape index (κ3) is 7.12. The molecule has 0 aliphatic carbocycles. The Morgan fingerprint density at radius 1 is 1.29 bits per heavy atom. The van der Waals surface area contributed by atoms with Gasteiger partial charge < -0.3 is 25.0 Å². The highest BCUT2D eigenvalue weighted by Crippen LogP contribution is 2.24. The van der Waals surface area contributed by atoms with Crippen molar-refractivity contribution >= 4 is 29.9 Å². The Labute approximate surface area is 146 Å². The minimum Gasteiger partial charge on any atom is -0.385 e. The molecular weight excluding hydrogens is 383 g/mol. The van der Waals surface area contributed by atoms with Crippen molar-refractivity contribution < 1.29 is 9.47 Å². The summed E-state index contributed by atoms with van der Waals surface area (Å²) in [5, 5.41) is 6.75. The molecule has 1 fully saturated rings. The summed E-state index contributed by atoms with van der Waals surface area (Å²) in [6, 6.07) is 0. The summed E-state index contributed by atoms with van der Waals surface area (Å²) < 4.78 is 10.5. The van der Waals surface area contributed by atoms with E-state index < -0.39 is 0 Å². The van der Waals surface area contributed by atoms with Crippen LogP contribution in [0.1, 0.15) is 19.3 Å². The maximum atomic E-state index is 5.49. The molecule has 1 saturated heterocycles. The van der Waals surface area contributed by atoms with Gasteiger partial charge in [-0.1, -0.05) is 0 Å². The molecule has 1 heterocycles. The lowest BCUT2D eigenvalue weighted by Gasteiger charge is -2.43. The highest BCUT2D eigenvalue weighted by Gasteiger charge is 2.34. The smallest absolute Gasteiger partial charge is 0.191 e. The van der Waals surface area contributed by atoms with Crippen molar-refractivity contribution in [2.75, 3.05) is 61.2 Å². The van der Waals surface area contributed by atoms with Gasteiger partial charge in [-0.3, -0.25) is 4.99 Å². The maximum absolute atomic E-state index is 5.49. The number of ether oxygens (including phenoxy) is 2. The largest absolute Gasteiger partial charge is 0.385 e. The fourth-order valence-corrected chi connectivity index (χ4v) is 2.43. The lowest BCUT2D eigenvalue weighted by atomic mass is 9.88. The van der Waals surface area contributed by atoms with Crippen molar-refractivity contribution in [3.8, 4) is 0 Å². The highest BCUT2D eigenvalue weighted by molar-refractivity contribution is 14.0. The number of halogens is 1. The molecule has 0 atom stereocenters. The van der Waals surface area contributed by atoms with Crippen LogP contribution in [-0.2, 0) is 9.47 Å². The molecule has 2 N–H and O–H groups in total.